The van der Waals surface area contributed by atoms with Crippen molar-refractivity contribution in [2.24, 2.45) is 11.5 Å². The molecule has 0 amide bonds. The van der Waals surface area contributed by atoms with Gasteiger partial charge in [0.15, 0.2) is 11.6 Å². The van der Waals surface area contributed by atoms with Crippen LogP contribution in [0.15, 0.2) is 0 Å². The van der Waals surface area contributed by atoms with E-state index in [1.54, 1.807) is 0 Å². The molecule has 0 heterocycles. The number of carboxylic acids is 2. The zero-order valence-corrected chi connectivity index (χ0v) is 18.5. The van der Waals surface area contributed by atoms with Crippen molar-refractivity contribution >= 4 is 45.1 Å². The van der Waals surface area contributed by atoms with Gasteiger partial charge in [0, 0.05) is 11.5 Å². The number of hydrogen-bond donors (Lipinski definition) is 2. The van der Waals surface area contributed by atoms with Gasteiger partial charge in [-0.3, -0.25) is 9.59 Å². The summed E-state index contributed by atoms with van der Waals surface area (Å²) >= 11 is 0. The van der Waals surface area contributed by atoms with Crippen LogP contribution in [0.2, 0.25) is 0 Å². The second-order valence-corrected chi connectivity index (χ2v) is 6.62. The molecule has 8 nitrogen and oxygen atoms in total. The maximum atomic E-state index is 11.2. The monoisotopic (exact) mass is 368 g/mol. The van der Waals surface area contributed by atoms with Crippen molar-refractivity contribution in [3.63, 3.8) is 0 Å². The van der Waals surface area contributed by atoms with Gasteiger partial charge >= 0.3 is 59.1 Å². The number of ketones is 2. The summed E-state index contributed by atoms with van der Waals surface area (Å²) in [5.41, 5.74) is 6.41. The number of nitrogens with two attached hydrogens (primary N) is 2. The van der Waals surface area contributed by atoms with E-state index in [9.17, 15) is 29.4 Å². The summed E-state index contributed by atoms with van der Waals surface area (Å²) in [5.74, 6) is -5.76. The molecule has 0 rings (SSSR count). The maximum Gasteiger partial charge on any atom is 1.00 e. The summed E-state index contributed by atoms with van der Waals surface area (Å²) in [4.78, 5) is 43.9. The standard InChI is InChI=1S/C10H16N2O6S2.2Na/c1-5(13)9(11,7(15)16)3-19-20-4-10(12,6(2)14)8(17)18;;/h3-4,11-12H2,1-2H3,(H,15,16)(H,17,18);;/q;2*+1/p-2/t9-,10-;;/m1../s1. The van der Waals surface area contributed by atoms with Gasteiger partial charge in [0.25, 0.3) is 0 Å². The summed E-state index contributed by atoms with van der Waals surface area (Å²) in [6.45, 7) is 2.01. The Hall–Kier alpha value is 0.900. The average Bonchev–Trinajstić information content (AvgIpc) is 2.32. The molecule has 0 spiro atoms. The molecule has 0 unspecified atom stereocenters. The third-order valence-electron chi connectivity index (χ3n) is 2.64. The average molecular weight is 368 g/mol. The molecule has 0 aromatic heterocycles. The normalized spacial score (nSPS) is 15.3. The van der Waals surface area contributed by atoms with E-state index in [4.69, 9.17) is 11.5 Å². The first-order valence-electron chi connectivity index (χ1n) is 5.25. The Morgan fingerprint density at radius 2 is 1.05 bits per heavy atom. The largest absolute Gasteiger partial charge is 1.00 e. The molecule has 114 valence electrons. The summed E-state index contributed by atoms with van der Waals surface area (Å²) < 4.78 is 0. The molecule has 0 fully saturated rings. The predicted molar refractivity (Wildman–Crippen MR) is 70.1 cm³/mol. The van der Waals surface area contributed by atoms with Crippen molar-refractivity contribution in [3.05, 3.63) is 0 Å². The minimum absolute atomic E-state index is 0. The third-order valence-corrected chi connectivity index (χ3v) is 5.16. The first-order chi connectivity index (χ1) is 8.98. The van der Waals surface area contributed by atoms with Gasteiger partial charge in [-0.25, -0.2) is 0 Å². The Labute approximate surface area is 179 Å². The van der Waals surface area contributed by atoms with Crippen molar-refractivity contribution < 1.29 is 88.5 Å². The molecule has 0 saturated heterocycles. The van der Waals surface area contributed by atoms with Gasteiger partial charge in [-0.2, -0.15) is 0 Å². The Bertz CT molecular complexity index is 381. The van der Waals surface area contributed by atoms with Crippen LogP contribution in [-0.2, 0) is 19.2 Å². The van der Waals surface area contributed by atoms with Gasteiger partial charge in [-0.1, -0.05) is 21.6 Å². The van der Waals surface area contributed by atoms with E-state index >= 15 is 0 Å². The molecule has 0 radical (unpaired) electrons. The number of carboxylic acid groups (broad SMARTS) is 2. The van der Waals surface area contributed by atoms with Gasteiger partial charge in [-0.15, -0.1) is 0 Å². The topological polar surface area (TPSA) is 166 Å². The molecule has 0 aliphatic heterocycles. The summed E-state index contributed by atoms with van der Waals surface area (Å²) in [7, 11) is 1.61. The predicted octanol–water partition coefficient (Wildman–Crippen LogP) is -9.55. The zero-order chi connectivity index (χ0) is 16.1. The zero-order valence-electron chi connectivity index (χ0n) is 12.8. The Morgan fingerprint density at radius 1 is 0.818 bits per heavy atom. The fourth-order valence-electron chi connectivity index (χ4n) is 0.878. The van der Waals surface area contributed by atoms with E-state index < -0.39 is 34.6 Å². The van der Waals surface area contributed by atoms with Crippen LogP contribution in [0.1, 0.15) is 13.8 Å². The molecule has 0 aromatic rings. The van der Waals surface area contributed by atoms with E-state index in [0.717, 1.165) is 35.4 Å². The van der Waals surface area contributed by atoms with Crippen molar-refractivity contribution in [3.8, 4) is 0 Å². The molecule has 12 heteroatoms. The van der Waals surface area contributed by atoms with Gasteiger partial charge < -0.3 is 31.3 Å². The number of Topliss-reactive ketones (excluding diaryl/α,β-unsaturated/α-hetero) is 2. The number of rotatable bonds is 9. The van der Waals surface area contributed by atoms with Crippen LogP contribution in [-0.4, -0.2) is 46.1 Å². The van der Waals surface area contributed by atoms with Crippen LogP contribution in [0.3, 0.4) is 0 Å². The molecule has 0 aromatic carbocycles. The number of aliphatic carboxylic acids is 2. The molecule has 0 saturated carbocycles. The number of carbonyl (C=O) groups excluding carboxylic acids is 4. The van der Waals surface area contributed by atoms with Gasteiger partial charge in [0.05, 0.1) is 11.9 Å². The van der Waals surface area contributed by atoms with Gasteiger partial charge in [-0.05, 0) is 13.8 Å². The molecular weight excluding hydrogens is 354 g/mol. The van der Waals surface area contributed by atoms with Crippen LogP contribution < -0.4 is 80.8 Å². The van der Waals surface area contributed by atoms with Gasteiger partial charge in [0.1, 0.15) is 11.1 Å². The Morgan fingerprint density at radius 3 is 1.18 bits per heavy atom. The maximum absolute atomic E-state index is 11.2. The molecule has 2 atom stereocenters. The molecule has 0 aliphatic rings. The molecule has 4 N–H and O–H groups in total. The number of carbonyl (C=O) groups is 4. The van der Waals surface area contributed by atoms with Gasteiger partial charge in [0.2, 0.25) is 0 Å². The molecular formula is C10H14N2Na2O6S2. The van der Waals surface area contributed by atoms with E-state index in [-0.39, 0.29) is 70.6 Å². The van der Waals surface area contributed by atoms with E-state index in [0.29, 0.717) is 0 Å². The van der Waals surface area contributed by atoms with Crippen LogP contribution in [0, 0.1) is 0 Å². The van der Waals surface area contributed by atoms with Crippen LogP contribution in [0.25, 0.3) is 0 Å². The fraction of sp³-hybridized carbons (Fsp3) is 0.600. The summed E-state index contributed by atoms with van der Waals surface area (Å²) in [6.07, 6.45) is 0. The Balaban J connectivity index is -0.00000180. The second kappa shape index (κ2) is 11.5. The third kappa shape index (κ3) is 7.20. The molecule has 22 heavy (non-hydrogen) atoms. The second-order valence-electron chi connectivity index (χ2n) is 4.15. The first kappa shape index (κ1) is 27.7. The molecule has 0 aliphatic carbocycles. The number of hydrogen-bond acceptors (Lipinski definition) is 10. The van der Waals surface area contributed by atoms with Crippen molar-refractivity contribution in [1.82, 2.24) is 0 Å². The summed E-state index contributed by atoms with van der Waals surface area (Å²) in [6, 6.07) is 0. The minimum atomic E-state index is -2.17. The van der Waals surface area contributed by atoms with Crippen molar-refractivity contribution in [2.45, 2.75) is 24.9 Å². The van der Waals surface area contributed by atoms with E-state index in [1.165, 1.54) is 0 Å². The Kier molecular flexibility index (Phi) is 14.4. The first-order valence-corrected chi connectivity index (χ1v) is 7.74. The minimum Gasteiger partial charge on any atom is -0.548 e. The van der Waals surface area contributed by atoms with Crippen molar-refractivity contribution in [1.29, 1.82) is 0 Å². The quantitative estimate of drug-likeness (QED) is 0.173. The fourth-order valence-corrected chi connectivity index (χ4v) is 3.67. The smallest absolute Gasteiger partial charge is 0.548 e. The van der Waals surface area contributed by atoms with Crippen LogP contribution in [0.4, 0.5) is 0 Å². The molecule has 0 bridgehead atoms. The summed E-state index contributed by atoms with van der Waals surface area (Å²) in [5, 5.41) is 21.6. The van der Waals surface area contributed by atoms with Crippen LogP contribution in [0.5, 0.6) is 0 Å². The SMILES string of the molecule is CC(=O)[C@](N)(CSSC[C@@](N)(C(C)=O)C(=O)[O-])C(=O)[O-].[Na+].[Na+]. The van der Waals surface area contributed by atoms with E-state index in [1.807, 2.05) is 0 Å². The van der Waals surface area contributed by atoms with E-state index in [2.05, 4.69) is 0 Å². The van der Waals surface area contributed by atoms with Crippen molar-refractivity contribution in [2.75, 3.05) is 11.5 Å². The van der Waals surface area contributed by atoms with Crippen LogP contribution >= 0.6 is 21.6 Å².